The first-order valence-corrected chi connectivity index (χ1v) is 10.5. The number of carbonyl (C=O) groups is 3. The second-order valence-electron chi connectivity index (χ2n) is 7.11. The Hall–Kier alpha value is -4.93. The van der Waals surface area contributed by atoms with Crippen molar-refractivity contribution in [2.75, 3.05) is 31.5 Å². The zero-order valence-corrected chi connectivity index (χ0v) is 19.4. The molecule has 0 aromatic heterocycles. The molecule has 36 heavy (non-hydrogen) atoms. The molecule has 0 aliphatic rings. The third-order valence-electron chi connectivity index (χ3n) is 4.62. The highest BCUT2D eigenvalue weighted by Crippen LogP contribution is 2.27. The van der Waals surface area contributed by atoms with E-state index in [4.69, 9.17) is 14.2 Å². The molecule has 10 nitrogen and oxygen atoms in total. The number of ether oxygens (including phenoxy) is 3. The summed E-state index contributed by atoms with van der Waals surface area (Å²) in [5.74, 6) is -1.73. The van der Waals surface area contributed by atoms with E-state index in [1.165, 1.54) is 44.7 Å². The molecule has 3 N–H and O–H groups in total. The van der Waals surface area contributed by atoms with Gasteiger partial charge in [-0.1, -0.05) is 12.1 Å². The molecule has 0 radical (unpaired) electrons. The second kappa shape index (κ2) is 12.5. The summed E-state index contributed by atoms with van der Waals surface area (Å²) in [6.45, 7) is -0.307. The molecule has 0 bridgehead atoms. The van der Waals surface area contributed by atoms with E-state index in [-0.39, 0.29) is 6.61 Å². The third-order valence-corrected chi connectivity index (χ3v) is 4.62. The first kappa shape index (κ1) is 25.7. The highest BCUT2D eigenvalue weighted by Gasteiger charge is 2.15. The highest BCUT2D eigenvalue weighted by molar-refractivity contribution is 6.39. The summed E-state index contributed by atoms with van der Waals surface area (Å²) >= 11 is 0. The molecule has 0 unspecified atom stereocenters. The number of para-hydroxylation sites is 2. The van der Waals surface area contributed by atoms with Gasteiger partial charge in [-0.2, -0.15) is 5.10 Å². The van der Waals surface area contributed by atoms with Crippen molar-refractivity contribution in [2.45, 2.75) is 0 Å². The maximum atomic E-state index is 13.0. The van der Waals surface area contributed by atoms with Gasteiger partial charge in [-0.15, -0.1) is 0 Å². The van der Waals surface area contributed by atoms with Gasteiger partial charge in [0.05, 0.1) is 26.1 Å². The number of nitrogens with one attached hydrogen (secondary N) is 3. The quantitative estimate of drug-likeness (QED) is 0.239. The van der Waals surface area contributed by atoms with Gasteiger partial charge in [0.15, 0.2) is 18.1 Å². The van der Waals surface area contributed by atoms with Gasteiger partial charge in [-0.25, -0.2) is 9.82 Å². The second-order valence-corrected chi connectivity index (χ2v) is 7.11. The van der Waals surface area contributed by atoms with Crippen LogP contribution in [0.15, 0.2) is 71.8 Å². The summed E-state index contributed by atoms with van der Waals surface area (Å²) < 4.78 is 28.9. The molecular weight excluding hydrogens is 471 g/mol. The van der Waals surface area contributed by atoms with E-state index >= 15 is 0 Å². The zero-order chi connectivity index (χ0) is 25.9. The lowest BCUT2D eigenvalue weighted by molar-refractivity contribution is -0.136. The van der Waals surface area contributed by atoms with Crippen molar-refractivity contribution < 1.29 is 33.0 Å². The molecule has 0 aliphatic carbocycles. The van der Waals surface area contributed by atoms with Gasteiger partial charge in [0.1, 0.15) is 11.6 Å². The minimum atomic E-state index is -0.976. The zero-order valence-electron chi connectivity index (χ0n) is 19.4. The van der Waals surface area contributed by atoms with E-state index in [9.17, 15) is 18.8 Å². The van der Waals surface area contributed by atoms with Gasteiger partial charge < -0.3 is 24.8 Å². The molecule has 3 aromatic rings. The molecule has 0 aliphatic heterocycles. The molecule has 186 valence electrons. The fraction of sp³-hybridized carbons (Fsp3) is 0.120. The summed E-state index contributed by atoms with van der Waals surface area (Å²) in [5, 5.41) is 8.80. The maximum absolute atomic E-state index is 13.0. The predicted molar refractivity (Wildman–Crippen MR) is 131 cm³/mol. The number of amides is 3. The average molecular weight is 494 g/mol. The summed E-state index contributed by atoms with van der Waals surface area (Å²) in [7, 11) is 2.87. The molecule has 3 rings (SSSR count). The first-order chi connectivity index (χ1) is 17.4. The van der Waals surface area contributed by atoms with E-state index in [1.807, 2.05) is 0 Å². The molecular formula is C25H23FN4O6. The predicted octanol–water partition coefficient (Wildman–Crippen LogP) is 2.95. The molecule has 3 amide bonds. The lowest BCUT2D eigenvalue weighted by atomic mass is 10.2. The molecule has 0 spiro atoms. The fourth-order valence-electron chi connectivity index (χ4n) is 2.90. The van der Waals surface area contributed by atoms with Crippen molar-refractivity contribution in [3.8, 4) is 17.2 Å². The van der Waals surface area contributed by atoms with E-state index in [0.717, 1.165) is 0 Å². The van der Waals surface area contributed by atoms with Crippen LogP contribution in [0.25, 0.3) is 0 Å². The number of hydrogen-bond acceptors (Lipinski definition) is 7. The number of rotatable bonds is 9. The first-order valence-electron chi connectivity index (χ1n) is 10.5. The Morgan fingerprint density at radius 3 is 2.31 bits per heavy atom. The van der Waals surface area contributed by atoms with Crippen LogP contribution in [0.1, 0.15) is 5.56 Å². The Kier molecular flexibility index (Phi) is 8.93. The number of nitrogens with zero attached hydrogens (tertiary/aromatic N) is 1. The van der Waals surface area contributed by atoms with Gasteiger partial charge in [-0.3, -0.25) is 14.4 Å². The van der Waals surface area contributed by atoms with E-state index in [0.29, 0.717) is 34.2 Å². The minimum absolute atomic E-state index is 0.295. The maximum Gasteiger partial charge on any atom is 0.329 e. The number of halogens is 1. The average Bonchev–Trinajstić information content (AvgIpc) is 2.89. The van der Waals surface area contributed by atoms with Gasteiger partial charge in [0.2, 0.25) is 0 Å². The summed E-state index contributed by atoms with van der Waals surface area (Å²) in [4.78, 5) is 36.2. The molecule has 11 heteroatoms. The van der Waals surface area contributed by atoms with Crippen molar-refractivity contribution in [1.29, 1.82) is 0 Å². The number of methoxy groups -OCH3 is 2. The standard InChI is InChI=1S/C25H23FN4O6/c1-34-20-6-4-3-5-19(20)29-24(32)25(33)30-27-14-16-7-12-21(22(13-16)35-2)36-15-23(31)28-18-10-8-17(26)9-11-18/h3-14H,15H2,1-2H3,(H,28,31)(H,29,32)(H,30,33)/b27-14-. The van der Waals surface area contributed by atoms with Crippen LogP contribution in [0.5, 0.6) is 17.2 Å². The minimum Gasteiger partial charge on any atom is -0.495 e. The summed E-state index contributed by atoms with van der Waals surface area (Å²) in [6, 6.07) is 16.7. The van der Waals surface area contributed by atoms with Crippen LogP contribution in [0, 0.1) is 5.82 Å². The van der Waals surface area contributed by atoms with Crippen LogP contribution in [-0.4, -0.2) is 44.8 Å². The topological polar surface area (TPSA) is 127 Å². The fourth-order valence-corrected chi connectivity index (χ4v) is 2.90. The Labute approximate surface area is 206 Å². The SMILES string of the molecule is COc1ccccc1NC(=O)C(=O)N/N=C\c1ccc(OCC(=O)Nc2ccc(F)cc2)c(OC)c1. The van der Waals surface area contributed by atoms with Crippen molar-refractivity contribution in [3.05, 3.63) is 78.1 Å². The van der Waals surface area contributed by atoms with Gasteiger partial charge in [-0.05, 0) is 60.2 Å². The Morgan fingerprint density at radius 2 is 1.58 bits per heavy atom. The van der Waals surface area contributed by atoms with Crippen molar-refractivity contribution in [2.24, 2.45) is 5.10 Å². The lowest BCUT2D eigenvalue weighted by Crippen LogP contribution is -2.32. The largest absolute Gasteiger partial charge is 0.495 e. The lowest BCUT2D eigenvalue weighted by Gasteiger charge is -2.11. The smallest absolute Gasteiger partial charge is 0.329 e. The molecule has 0 saturated heterocycles. The van der Waals surface area contributed by atoms with Crippen molar-refractivity contribution >= 4 is 35.3 Å². The molecule has 3 aromatic carbocycles. The van der Waals surface area contributed by atoms with Crippen molar-refractivity contribution in [3.63, 3.8) is 0 Å². The number of anilines is 2. The molecule has 0 saturated carbocycles. The van der Waals surface area contributed by atoms with Gasteiger partial charge >= 0.3 is 11.8 Å². The normalized spacial score (nSPS) is 10.4. The van der Waals surface area contributed by atoms with Crippen LogP contribution < -0.4 is 30.3 Å². The van der Waals surface area contributed by atoms with Crippen LogP contribution in [0.4, 0.5) is 15.8 Å². The van der Waals surface area contributed by atoms with Crippen LogP contribution in [0.2, 0.25) is 0 Å². The number of carbonyl (C=O) groups excluding carboxylic acids is 3. The number of hydrogen-bond donors (Lipinski definition) is 3. The molecule has 0 atom stereocenters. The van der Waals surface area contributed by atoms with E-state index in [2.05, 4.69) is 21.2 Å². The number of benzene rings is 3. The van der Waals surface area contributed by atoms with E-state index in [1.54, 1.807) is 42.5 Å². The Balaban J connectivity index is 1.53. The third kappa shape index (κ3) is 7.29. The molecule has 0 heterocycles. The summed E-state index contributed by atoms with van der Waals surface area (Å²) in [5.41, 5.74) is 3.44. The molecule has 0 fully saturated rings. The Morgan fingerprint density at radius 1 is 0.861 bits per heavy atom. The van der Waals surface area contributed by atoms with Crippen LogP contribution >= 0.6 is 0 Å². The highest BCUT2D eigenvalue weighted by atomic mass is 19.1. The monoisotopic (exact) mass is 494 g/mol. The summed E-state index contributed by atoms with van der Waals surface area (Å²) in [6.07, 6.45) is 1.31. The van der Waals surface area contributed by atoms with Gasteiger partial charge in [0, 0.05) is 5.69 Å². The van der Waals surface area contributed by atoms with E-state index < -0.39 is 23.5 Å². The van der Waals surface area contributed by atoms with Crippen LogP contribution in [0.3, 0.4) is 0 Å². The van der Waals surface area contributed by atoms with Crippen LogP contribution in [-0.2, 0) is 14.4 Å². The van der Waals surface area contributed by atoms with Crippen molar-refractivity contribution in [1.82, 2.24) is 5.43 Å². The number of hydrazone groups is 1. The Bertz CT molecular complexity index is 1260. The van der Waals surface area contributed by atoms with Gasteiger partial charge in [0.25, 0.3) is 5.91 Å².